The molecule has 0 amide bonds. The number of aliphatic hydroxyl groups excluding tert-OH is 1. The number of hydrogen-bond acceptors (Lipinski definition) is 6. The summed E-state index contributed by atoms with van der Waals surface area (Å²) in [4.78, 5) is 10.1. The van der Waals surface area contributed by atoms with Crippen LogP contribution in [0, 0.1) is 5.92 Å². The van der Waals surface area contributed by atoms with Gasteiger partial charge in [-0.25, -0.2) is 4.98 Å². The van der Waals surface area contributed by atoms with Crippen molar-refractivity contribution in [1.29, 1.82) is 0 Å². The molecular weight excluding hydrogens is 358 g/mol. The highest BCUT2D eigenvalue weighted by Crippen LogP contribution is 2.29. The minimum absolute atomic E-state index is 0.0186. The van der Waals surface area contributed by atoms with Crippen LogP contribution in [0.15, 0.2) is 71.6 Å². The van der Waals surface area contributed by atoms with Gasteiger partial charge in [-0.1, -0.05) is 50.2 Å². The molecule has 0 bridgehead atoms. The third kappa shape index (κ3) is 5.45. The summed E-state index contributed by atoms with van der Waals surface area (Å²) < 4.78 is 9.08. The first-order chi connectivity index (χ1) is 13.2. The Hall–Kier alpha value is -2.57. The number of para-hydroxylation sites is 1. The lowest BCUT2D eigenvalue weighted by Gasteiger charge is -2.19. The summed E-state index contributed by atoms with van der Waals surface area (Å²) in [5.74, 6) is 1.75. The number of nitrogens with zero attached hydrogens (tertiary/aromatic N) is 2. The molecule has 1 unspecified atom stereocenters. The van der Waals surface area contributed by atoms with Crippen LogP contribution in [0.4, 0.5) is 5.95 Å². The number of benzene rings is 2. The molecule has 140 valence electrons. The Balaban J connectivity index is 1.87. The molecule has 5 nitrogen and oxygen atoms in total. The Labute approximate surface area is 164 Å². The van der Waals surface area contributed by atoms with Crippen molar-refractivity contribution in [3.8, 4) is 11.6 Å². The zero-order valence-corrected chi connectivity index (χ0v) is 16.2. The number of ether oxygens (including phenoxy) is 1. The van der Waals surface area contributed by atoms with Gasteiger partial charge in [-0.2, -0.15) is 4.98 Å². The monoisotopic (exact) mass is 381 g/mol. The smallest absolute Gasteiger partial charge is 0.236 e. The lowest BCUT2D eigenvalue weighted by Crippen LogP contribution is -2.14. The fourth-order valence-corrected chi connectivity index (χ4v) is 3.17. The zero-order chi connectivity index (χ0) is 19.1. The average molecular weight is 382 g/mol. The van der Waals surface area contributed by atoms with Crippen molar-refractivity contribution in [1.82, 2.24) is 9.97 Å². The lowest BCUT2D eigenvalue weighted by atomic mass is 9.93. The highest BCUT2D eigenvalue weighted by atomic mass is 32.2. The van der Waals surface area contributed by atoms with E-state index in [0.717, 1.165) is 10.6 Å². The maximum atomic E-state index is 9.80. The predicted octanol–water partition coefficient (Wildman–Crippen LogP) is 5.12. The predicted molar refractivity (Wildman–Crippen MR) is 109 cm³/mol. The van der Waals surface area contributed by atoms with E-state index in [4.69, 9.17) is 4.74 Å². The van der Waals surface area contributed by atoms with Gasteiger partial charge in [0.15, 0.2) is 0 Å². The van der Waals surface area contributed by atoms with Crippen LogP contribution in [0.25, 0.3) is 0 Å². The van der Waals surface area contributed by atoms with Crippen LogP contribution in [0.5, 0.6) is 11.6 Å². The Bertz CT molecular complexity index is 845. The molecule has 2 N–H and O–H groups in total. The molecule has 0 saturated heterocycles. The summed E-state index contributed by atoms with van der Waals surface area (Å²) >= 11 is 1.43. The van der Waals surface area contributed by atoms with Gasteiger partial charge in [0.05, 0.1) is 12.3 Å². The van der Waals surface area contributed by atoms with Crippen molar-refractivity contribution >= 4 is 17.9 Å². The molecule has 0 aliphatic carbocycles. The van der Waals surface area contributed by atoms with Gasteiger partial charge in [0.2, 0.25) is 11.8 Å². The van der Waals surface area contributed by atoms with Gasteiger partial charge in [0.1, 0.15) is 5.75 Å². The number of anilines is 1. The summed E-state index contributed by atoms with van der Waals surface area (Å²) in [5, 5.41) is 9.80. The van der Waals surface area contributed by atoms with Gasteiger partial charge in [0, 0.05) is 16.9 Å². The number of hydrogen-bond donors (Lipinski definition) is 2. The fourth-order valence-electron chi connectivity index (χ4n) is 2.58. The summed E-state index contributed by atoms with van der Waals surface area (Å²) in [6.45, 7) is 4.14. The van der Waals surface area contributed by atoms with Crippen LogP contribution in [-0.2, 0) is 0 Å². The van der Waals surface area contributed by atoms with E-state index < -0.39 is 0 Å². The van der Waals surface area contributed by atoms with Crippen molar-refractivity contribution < 1.29 is 9.84 Å². The van der Waals surface area contributed by atoms with Gasteiger partial charge in [-0.15, -0.1) is 0 Å². The molecule has 27 heavy (non-hydrogen) atoms. The van der Waals surface area contributed by atoms with Crippen LogP contribution in [0.2, 0.25) is 0 Å². The van der Waals surface area contributed by atoms with E-state index in [1.807, 2.05) is 60.7 Å². The first kappa shape index (κ1) is 19.2. The molecule has 0 radical (unpaired) electrons. The SMILES string of the molecule is CC(C)C(CO)c1cc(Oc2ccccc2)nc(NSc2ccccc2)n1. The maximum absolute atomic E-state index is 9.80. The van der Waals surface area contributed by atoms with E-state index in [9.17, 15) is 5.11 Å². The van der Waals surface area contributed by atoms with Crippen LogP contribution < -0.4 is 9.46 Å². The van der Waals surface area contributed by atoms with E-state index >= 15 is 0 Å². The lowest BCUT2D eigenvalue weighted by molar-refractivity contribution is 0.234. The Kier molecular flexibility index (Phi) is 6.68. The molecule has 0 saturated carbocycles. The topological polar surface area (TPSA) is 67.3 Å². The number of nitrogens with one attached hydrogen (secondary N) is 1. The minimum atomic E-state index is -0.0894. The minimum Gasteiger partial charge on any atom is -0.439 e. The van der Waals surface area contributed by atoms with Crippen molar-refractivity contribution in [3.05, 3.63) is 72.4 Å². The van der Waals surface area contributed by atoms with Crippen LogP contribution in [-0.4, -0.2) is 21.7 Å². The van der Waals surface area contributed by atoms with Crippen LogP contribution >= 0.6 is 11.9 Å². The third-order valence-electron chi connectivity index (χ3n) is 4.07. The van der Waals surface area contributed by atoms with Gasteiger partial charge in [-0.05, 0) is 42.1 Å². The molecule has 0 aliphatic heterocycles. The first-order valence-electron chi connectivity index (χ1n) is 8.86. The largest absolute Gasteiger partial charge is 0.439 e. The number of rotatable bonds is 8. The summed E-state index contributed by atoms with van der Waals surface area (Å²) in [6, 6.07) is 21.2. The summed E-state index contributed by atoms with van der Waals surface area (Å²) in [6.07, 6.45) is 0. The normalized spacial score (nSPS) is 12.0. The third-order valence-corrected chi connectivity index (χ3v) is 4.87. The number of aliphatic hydroxyl groups is 1. The maximum Gasteiger partial charge on any atom is 0.236 e. The van der Waals surface area contributed by atoms with Gasteiger partial charge in [0.25, 0.3) is 0 Å². The molecular formula is C21H23N3O2S. The van der Waals surface area contributed by atoms with Gasteiger partial charge < -0.3 is 9.84 Å². The van der Waals surface area contributed by atoms with Crippen LogP contribution in [0.1, 0.15) is 25.5 Å². The molecule has 2 aromatic carbocycles. The average Bonchev–Trinajstić information content (AvgIpc) is 2.68. The first-order valence-corrected chi connectivity index (χ1v) is 9.68. The Morgan fingerprint density at radius 2 is 1.67 bits per heavy atom. The van der Waals surface area contributed by atoms with E-state index in [1.165, 1.54) is 11.9 Å². The zero-order valence-electron chi connectivity index (χ0n) is 15.4. The van der Waals surface area contributed by atoms with E-state index in [0.29, 0.717) is 17.6 Å². The Morgan fingerprint density at radius 1 is 1.00 bits per heavy atom. The number of aromatic nitrogens is 2. The van der Waals surface area contributed by atoms with Crippen molar-refractivity contribution in [2.75, 3.05) is 11.3 Å². The van der Waals surface area contributed by atoms with Crippen molar-refractivity contribution in [2.24, 2.45) is 5.92 Å². The quantitative estimate of drug-likeness (QED) is 0.528. The fraction of sp³-hybridized carbons (Fsp3) is 0.238. The summed E-state index contributed by atoms with van der Waals surface area (Å²) in [7, 11) is 0. The van der Waals surface area contributed by atoms with E-state index in [1.54, 1.807) is 6.07 Å². The van der Waals surface area contributed by atoms with Crippen molar-refractivity contribution in [3.63, 3.8) is 0 Å². The highest BCUT2D eigenvalue weighted by Gasteiger charge is 2.19. The molecule has 1 aromatic heterocycles. The second-order valence-electron chi connectivity index (χ2n) is 6.42. The van der Waals surface area contributed by atoms with Crippen LogP contribution in [0.3, 0.4) is 0 Å². The molecule has 0 aliphatic rings. The molecule has 0 spiro atoms. The second-order valence-corrected chi connectivity index (χ2v) is 7.30. The van der Waals surface area contributed by atoms with E-state index in [2.05, 4.69) is 28.5 Å². The molecule has 1 atom stereocenters. The molecule has 0 fully saturated rings. The second kappa shape index (κ2) is 9.39. The summed E-state index contributed by atoms with van der Waals surface area (Å²) in [5.41, 5.74) is 0.754. The molecule has 1 heterocycles. The van der Waals surface area contributed by atoms with Gasteiger partial charge in [-0.3, -0.25) is 4.72 Å². The van der Waals surface area contributed by atoms with Gasteiger partial charge >= 0.3 is 0 Å². The molecule has 3 rings (SSSR count). The molecule has 3 aromatic rings. The van der Waals surface area contributed by atoms with Crippen molar-refractivity contribution in [2.45, 2.75) is 24.7 Å². The Morgan fingerprint density at radius 3 is 2.30 bits per heavy atom. The standard InChI is InChI=1S/C21H23N3O2S/c1-15(2)18(14-25)19-13-20(26-16-9-5-3-6-10-16)23-21(22-19)24-27-17-11-7-4-8-12-17/h3-13,15,18,25H,14H2,1-2H3,(H,22,23,24). The molecule has 6 heteroatoms. The highest BCUT2D eigenvalue weighted by molar-refractivity contribution is 8.00. The van der Waals surface area contributed by atoms with E-state index in [-0.39, 0.29) is 18.4 Å².